The molecule has 0 bridgehead atoms. The van der Waals surface area contributed by atoms with Crippen LogP contribution in [0.2, 0.25) is 0 Å². The van der Waals surface area contributed by atoms with Crippen LogP contribution in [0.3, 0.4) is 0 Å². The molecule has 31 heavy (non-hydrogen) atoms. The molecule has 168 valence electrons. The van der Waals surface area contributed by atoms with Gasteiger partial charge in [-0.05, 0) is 46.6 Å². The lowest BCUT2D eigenvalue weighted by Crippen LogP contribution is -2.57. The van der Waals surface area contributed by atoms with Gasteiger partial charge in [-0.3, -0.25) is 4.79 Å². The van der Waals surface area contributed by atoms with Crippen LogP contribution in [0.25, 0.3) is 10.8 Å². The Balaban J connectivity index is 1.94. The van der Waals surface area contributed by atoms with Crippen molar-refractivity contribution in [3.8, 4) is 0 Å². The Morgan fingerprint density at radius 3 is 2.26 bits per heavy atom. The van der Waals surface area contributed by atoms with Crippen LogP contribution in [0.1, 0.15) is 64.7 Å². The second-order valence-corrected chi connectivity index (χ2v) is 11.1. The first-order valence-corrected chi connectivity index (χ1v) is 11.2. The van der Waals surface area contributed by atoms with Crippen molar-refractivity contribution < 1.29 is 14.7 Å². The van der Waals surface area contributed by atoms with Crippen molar-refractivity contribution in [3.05, 3.63) is 48.0 Å². The quantitative estimate of drug-likeness (QED) is 0.669. The van der Waals surface area contributed by atoms with Gasteiger partial charge in [0.05, 0.1) is 0 Å². The smallest absolute Gasteiger partial charge is 0.407 e. The van der Waals surface area contributed by atoms with Gasteiger partial charge in [-0.2, -0.15) is 0 Å². The molecule has 1 saturated heterocycles. The van der Waals surface area contributed by atoms with E-state index in [2.05, 4.69) is 41.5 Å². The molecule has 2 aromatic rings. The highest BCUT2D eigenvalue weighted by molar-refractivity contribution is 5.98. The maximum atomic E-state index is 13.7. The Hall–Kier alpha value is -2.56. The number of carbonyl (C=O) groups is 2. The summed E-state index contributed by atoms with van der Waals surface area (Å²) in [5.74, 6) is 0.0297. The normalized spacial score (nSPS) is 20.0. The van der Waals surface area contributed by atoms with Gasteiger partial charge in [-0.25, -0.2) is 4.79 Å². The van der Waals surface area contributed by atoms with Crippen molar-refractivity contribution >= 4 is 22.8 Å². The lowest BCUT2D eigenvalue weighted by Gasteiger charge is -2.48. The molecule has 1 aliphatic heterocycles. The lowest BCUT2D eigenvalue weighted by atomic mass is 9.78. The predicted octanol–water partition coefficient (Wildman–Crippen LogP) is 5.89. The molecule has 1 aliphatic rings. The lowest BCUT2D eigenvalue weighted by molar-refractivity contribution is 0.0122. The molecule has 5 heteroatoms. The average Bonchev–Trinajstić information content (AvgIpc) is 2.69. The van der Waals surface area contributed by atoms with Crippen molar-refractivity contribution in [1.29, 1.82) is 0 Å². The van der Waals surface area contributed by atoms with E-state index in [4.69, 9.17) is 0 Å². The van der Waals surface area contributed by atoms with Crippen molar-refractivity contribution in [3.63, 3.8) is 0 Å². The highest BCUT2D eigenvalue weighted by Gasteiger charge is 2.42. The van der Waals surface area contributed by atoms with Gasteiger partial charge in [0.25, 0.3) is 5.91 Å². The fourth-order valence-electron chi connectivity index (χ4n) is 4.65. The molecule has 5 nitrogen and oxygen atoms in total. The maximum absolute atomic E-state index is 13.7. The van der Waals surface area contributed by atoms with E-state index in [0.717, 1.165) is 10.8 Å². The number of carbonyl (C=O) groups excluding carboxylic acids is 1. The van der Waals surface area contributed by atoms with Gasteiger partial charge in [0.15, 0.2) is 0 Å². The third-order valence-electron chi connectivity index (χ3n) is 6.16. The number of amides is 2. The van der Waals surface area contributed by atoms with Crippen molar-refractivity contribution in [2.24, 2.45) is 10.8 Å². The van der Waals surface area contributed by atoms with Crippen LogP contribution in [0.15, 0.2) is 42.5 Å². The number of hydrogen-bond acceptors (Lipinski definition) is 2. The van der Waals surface area contributed by atoms with E-state index in [-0.39, 0.29) is 28.8 Å². The molecular formula is C26H36N2O3. The first kappa shape index (κ1) is 23.1. The van der Waals surface area contributed by atoms with E-state index in [1.54, 1.807) is 4.90 Å². The van der Waals surface area contributed by atoms with Crippen LogP contribution in [-0.2, 0) is 0 Å². The number of fused-ring (bicyclic) bond motifs is 1. The first-order chi connectivity index (χ1) is 14.4. The van der Waals surface area contributed by atoms with E-state index in [1.807, 2.05) is 47.4 Å². The molecule has 1 fully saturated rings. The molecule has 0 aromatic heterocycles. The van der Waals surface area contributed by atoms with Gasteiger partial charge < -0.3 is 14.9 Å². The van der Waals surface area contributed by atoms with Crippen LogP contribution >= 0.6 is 0 Å². The Kier molecular flexibility index (Phi) is 6.35. The third kappa shape index (κ3) is 5.38. The first-order valence-electron chi connectivity index (χ1n) is 11.2. The van der Waals surface area contributed by atoms with E-state index in [0.29, 0.717) is 31.5 Å². The third-order valence-corrected chi connectivity index (χ3v) is 6.16. The Bertz CT molecular complexity index is 955. The maximum Gasteiger partial charge on any atom is 0.407 e. The molecule has 2 aromatic carbocycles. The van der Waals surface area contributed by atoms with Crippen LogP contribution in [-0.4, -0.2) is 52.1 Å². The van der Waals surface area contributed by atoms with Crippen molar-refractivity contribution in [2.45, 2.75) is 66.5 Å². The van der Waals surface area contributed by atoms with Crippen LogP contribution in [0.5, 0.6) is 0 Å². The Morgan fingerprint density at radius 1 is 1.03 bits per heavy atom. The second kappa shape index (κ2) is 8.52. The van der Waals surface area contributed by atoms with Gasteiger partial charge in [0, 0.05) is 30.7 Å². The molecule has 0 aliphatic carbocycles. The van der Waals surface area contributed by atoms with E-state index in [9.17, 15) is 14.7 Å². The fraction of sp³-hybridized carbons (Fsp3) is 0.538. The molecule has 0 radical (unpaired) electrons. The number of nitrogens with zero attached hydrogens (tertiary/aromatic N) is 2. The van der Waals surface area contributed by atoms with Crippen LogP contribution in [0.4, 0.5) is 4.79 Å². The number of likely N-dealkylation sites (tertiary alicyclic amines) is 1. The summed E-state index contributed by atoms with van der Waals surface area (Å²) in [4.78, 5) is 29.1. The Morgan fingerprint density at radius 2 is 1.68 bits per heavy atom. The van der Waals surface area contributed by atoms with Gasteiger partial charge >= 0.3 is 6.09 Å². The minimum absolute atomic E-state index is 0.0121. The molecule has 1 N–H and O–H groups in total. The average molecular weight is 425 g/mol. The van der Waals surface area contributed by atoms with Gasteiger partial charge in [-0.15, -0.1) is 0 Å². The zero-order valence-electron chi connectivity index (χ0n) is 19.7. The summed E-state index contributed by atoms with van der Waals surface area (Å²) < 4.78 is 0. The minimum Gasteiger partial charge on any atom is -0.465 e. The van der Waals surface area contributed by atoms with Gasteiger partial charge in [0.1, 0.15) is 0 Å². The second-order valence-electron chi connectivity index (χ2n) is 11.1. The highest BCUT2D eigenvalue weighted by Crippen LogP contribution is 2.35. The molecule has 2 unspecified atom stereocenters. The summed E-state index contributed by atoms with van der Waals surface area (Å²) in [6.45, 7) is 13.7. The van der Waals surface area contributed by atoms with Gasteiger partial charge in [-0.1, -0.05) is 71.9 Å². The number of rotatable bonds is 3. The standard InChI is InChI=1S/C26H36N2O3/c1-25(2,3)17-28(21-13-14-27(24(30)31)22(16-21)26(4,5)6)23(29)20-12-11-18-9-7-8-10-19(18)15-20/h7-12,15,21-22H,13-14,16-17H2,1-6H3,(H,30,31). The molecule has 2 atom stereocenters. The predicted molar refractivity (Wildman–Crippen MR) is 125 cm³/mol. The largest absolute Gasteiger partial charge is 0.465 e. The number of benzene rings is 2. The van der Waals surface area contributed by atoms with E-state index in [1.165, 1.54) is 0 Å². The summed E-state index contributed by atoms with van der Waals surface area (Å²) in [6.07, 6.45) is 0.445. The molecule has 3 rings (SSSR count). The zero-order chi connectivity index (χ0) is 23.0. The summed E-state index contributed by atoms with van der Waals surface area (Å²) in [7, 11) is 0. The number of piperidine rings is 1. The molecule has 0 saturated carbocycles. The minimum atomic E-state index is -0.874. The summed E-state index contributed by atoms with van der Waals surface area (Å²) >= 11 is 0. The Labute approximate surface area is 186 Å². The molecular weight excluding hydrogens is 388 g/mol. The molecule has 2 amide bonds. The monoisotopic (exact) mass is 424 g/mol. The SMILES string of the molecule is CC(C)(C)CN(C(=O)c1ccc2ccccc2c1)C1CCN(C(=O)O)C(C(C)(C)C)C1. The number of hydrogen-bond donors (Lipinski definition) is 1. The molecule has 1 heterocycles. The summed E-state index contributed by atoms with van der Waals surface area (Å²) in [5, 5.41) is 11.9. The topological polar surface area (TPSA) is 60.9 Å². The zero-order valence-corrected chi connectivity index (χ0v) is 19.7. The highest BCUT2D eigenvalue weighted by atomic mass is 16.4. The summed E-state index contributed by atoms with van der Waals surface area (Å²) in [5.41, 5.74) is 0.431. The molecule has 0 spiro atoms. The fourth-order valence-corrected chi connectivity index (χ4v) is 4.65. The van der Waals surface area contributed by atoms with Crippen LogP contribution < -0.4 is 0 Å². The van der Waals surface area contributed by atoms with Crippen molar-refractivity contribution in [2.75, 3.05) is 13.1 Å². The van der Waals surface area contributed by atoms with Crippen LogP contribution in [0, 0.1) is 10.8 Å². The van der Waals surface area contributed by atoms with Crippen molar-refractivity contribution in [1.82, 2.24) is 9.80 Å². The van der Waals surface area contributed by atoms with E-state index < -0.39 is 6.09 Å². The number of carboxylic acid groups (broad SMARTS) is 1. The van der Waals surface area contributed by atoms with E-state index >= 15 is 0 Å². The van der Waals surface area contributed by atoms with Gasteiger partial charge in [0.2, 0.25) is 0 Å². The summed E-state index contributed by atoms with van der Waals surface area (Å²) in [6, 6.07) is 13.8.